The maximum absolute atomic E-state index is 12.0. The SMILES string of the molecule is COC(=O)C1=CN=CC(C(=O)OC)[C@@H]1c1cccc(Br)c1. The van der Waals surface area contributed by atoms with Gasteiger partial charge in [0.2, 0.25) is 0 Å². The minimum atomic E-state index is -0.664. The van der Waals surface area contributed by atoms with E-state index in [1.807, 2.05) is 24.3 Å². The van der Waals surface area contributed by atoms with E-state index in [1.54, 1.807) is 0 Å². The van der Waals surface area contributed by atoms with Gasteiger partial charge < -0.3 is 9.47 Å². The summed E-state index contributed by atoms with van der Waals surface area (Å²) in [5.41, 5.74) is 1.14. The predicted octanol–water partition coefficient (Wildman–Crippen LogP) is 2.46. The summed E-state index contributed by atoms with van der Waals surface area (Å²) in [5, 5.41) is 0. The van der Waals surface area contributed by atoms with Crippen molar-refractivity contribution >= 4 is 34.1 Å². The van der Waals surface area contributed by atoms with Crippen LogP contribution < -0.4 is 0 Å². The van der Waals surface area contributed by atoms with Gasteiger partial charge in [-0.1, -0.05) is 28.1 Å². The number of aliphatic imine (C=N–C) groups is 1. The summed E-state index contributed by atoms with van der Waals surface area (Å²) in [5.74, 6) is -2.10. The zero-order valence-corrected chi connectivity index (χ0v) is 13.2. The van der Waals surface area contributed by atoms with Crippen molar-refractivity contribution < 1.29 is 19.1 Å². The van der Waals surface area contributed by atoms with Crippen LogP contribution in [0.5, 0.6) is 0 Å². The molecule has 0 saturated heterocycles. The Morgan fingerprint density at radius 2 is 2.00 bits per heavy atom. The van der Waals surface area contributed by atoms with Crippen molar-refractivity contribution in [2.75, 3.05) is 14.2 Å². The van der Waals surface area contributed by atoms with Crippen LogP contribution in [0.2, 0.25) is 0 Å². The first-order valence-electron chi connectivity index (χ1n) is 6.23. The number of halogens is 1. The van der Waals surface area contributed by atoms with Gasteiger partial charge in [0.25, 0.3) is 0 Å². The van der Waals surface area contributed by atoms with E-state index in [0.29, 0.717) is 5.57 Å². The first-order chi connectivity index (χ1) is 10.1. The number of carbonyl (C=O) groups excluding carboxylic acids is 2. The van der Waals surface area contributed by atoms with Crippen molar-refractivity contribution in [1.29, 1.82) is 0 Å². The third kappa shape index (κ3) is 3.21. The molecule has 1 aliphatic heterocycles. The van der Waals surface area contributed by atoms with Crippen LogP contribution in [0.1, 0.15) is 11.5 Å². The van der Waals surface area contributed by atoms with Crippen molar-refractivity contribution in [3.8, 4) is 0 Å². The largest absolute Gasteiger partial charge is 0.468 e. The van der Waals surface area contributed by atoms with Crippen LogP contribution in [0.4, 0.5) is 0 Å². The van der Waals surface area contributed by atoms with Crippen LogP contribution >= 0.6 is 15.9 Å². The van der Waals surface area contributed by atoms with Gasteiger partial charge in [-0.05, 0) is 17.7 Å². The third-order valence-electron chi connectivity index (χ3n) is 3.26. The number of nitrogens with zero attached hydrogens (tertiary/aromatic N) is 1. The van der Waals surface area contributed by atoms with Crippen LogP contribution in [0.15, 0.2) is 45.5 Å². The van der Waals surface area contributed by atoms with E-state index in [-0.39, 0.29) is 0 Å². The summed E-state index contributed by atoms with van der Waals surface area (Å²) in [6.07, 6.45) is 2.92. The van der Waals surface area contributed by atoms with Gasteiger partial charge in [0, 0.05) is 22.8 Å². The van der Waals surface area contributed by atoms with Gasteiger partial charge in [-0.3, -0.25) is 9.79 Å². The molecule has 1 aromatic carbocycles. The van der Waals surface area contributed by atoms with E-state index < -0.39 is 23.8 Å². The molecule has 110 valence electrons. The molecule has 21 heavy (non-hydrogen) atoms. The van der Waals surface area contributed by atoms with E-state index in [1.165, 1.54) is 26.6 Å². The second-order valence-electron chi connectivity index (χ2n) is 4.46. The van der Waals surface area contributed by atoms with Gasteiger partial charge in [0.15, 0.2) is 0 Å². The van der Waals surface area contributed by atoms with Crippen molar-refractivity contribution in [2.45, 2.75) is 5.92 Å². The Kier molecular flexibility index (Phi) is 4.90. The van der Waals surface area contributed by atoms with Crippen LogP contribution in [-0.4, -0.2) is 32.4 Å². The molecule has 0 aliphatic carbocycles. The molecule has 6 heteroatoms. The Morgan fingerprint density at radius 1 is 1.24 bits per heavy atom. The molecular formula is C15H14BrNO4. The van der Waals surface area contributed by atoms with E-state index >= 15 is 0 Å². The average Bonchev–Trinajstić information content (AvgIpc) is 2.52. The molecule has 0 saturated carbocycles. The lowest BCUT2D eigenvalue weighted by molar-refractivity contribution is -0.143. The van der Waals surface area contributed by atoms with Crippen LogP contribution in [-0.2, 0) is 19.1 Å². The Hall–Kier alpha value is -1.95. The van der Waals surface area contributed by atoms with Gasteiger partial charge in [-0.2, -0.15) is 0 Å². The molecule has 0 fully saturated rings. The number of hydrogen-bond donors (Lipinski definition) is 0. The van der Waals surface area contributed by atoms with Gasteiger partial charge in [0.05, 0.1) is 19.8 Å². The average molecular weight is 352 g/mol. The van der Waals surface area contributed by atoms with E-state index in [4.69, 9.17) is 9.47 Å². The van der Waals surface area contributed by atoms with Gasteiger partial charge >= 0.3 is 11.9 Å². The lowest BCUT2D eigenvalue weighted by atomic mass is 9.80. The summed E-state index contributed by atoms with van der Waals surface area (Å²) in [6.45, 7) is 0. The van der Waals surface area contributed by atoms with Gasteiger partial charge in [0.1, 0.15) is 5.92 Å². The number of hydrogen-bond acceptors (Lipinski definition) is 5. The quantitative estimate of drug-likeness (QED) is 0.784. The number of benzene rings is 1. The molecule has 0 amide bonds. The fourth-order valence-electron chi connectivity index (χ4n) is 2.29. The second kappa shape index (κ2) is 6.67. The fraction of sp³-hybridized carbons (Fsp3) is 0.267. The second-order valence-corrected chi connectivity index (χ2v) is 5.37. The van der Waals surface area contributed by atoms with Crippen LogP contribution in [0.25, 0.3) is 0 Å². The van der Waals surface area contributed by atoms with Crippen molar-refractivity contribution in [1.82, 2.24) is 0 Å². The number of esters is 2. The zero-order valence-electron chi connectivity index (χ0n) is 11.6. The molecule has 1 aliphatic rings. The molecule has 1 unspecified atom stereocenters. The molecule has 2 atom stereocenters. The topological polar surface area (TPSA) is 65.0 Å². The maximum atomic E-state index is 12.0. The Balaban J connectivity index is 2.50. The van der Waals surface area contributed by atoms with Crippen molar-refractivity contribution in [3.63, 3.8) is 0 Å². The van der Waals surface area contributed by atoms with Gasteiger partial charge in [-0.15, -0.1) is 0 Å². The molecule has 1 aromatic rings. The molecule has 0 spiro atoms. The minimum absolute atomic E-state index is 0.327. The maximum Gasteiger partial charge on any atom is 0.335 e. The predicted molar refractivity (Wildman–Crippen MR) is 81.0 cm³/mol. The summed E-state index contributed by atoms with van der Waals surface area (Å²) < 4.78 is 10.5. The monoisotopic (exact) mass is 351 g/mol. The lowest BCUT2D eigenvalue weighted by Crippen LogP contribution is -2.31. The molecule has 2 rings (SSSR count). The normalized spacial score (nSPS) is 20.6. The molecule has 1 heterocycles. The standard InChI is InChI=1S/C15H14BrNO4/c1-20-14(18)11-7-17-8-12(15(19)21-2)13(11)9-4-3-5-10(16)6-9/h3-8,11,13H,1-2H3/t11?,13-/m0/s1. The molecule has 0 N–H and O–H groups in total. The van der Waals surface area contributed by atoms with Crippen LogP contribution in [0.3, 0.4) is 0 Å². The summed E-state index contributed by atoms with van der Waals surface area (Å²) in [6, 6.07) is 7.42. The number of rotatable bonds is 3. The van der Waals surface area contributed by atoms with E-state index in [9.17, 15) is 9.59 Å². The highest BCUT2D eigenvalue weighted by atomic mass is 79.9. The number of methoxy groups -OCH3 is 2. The number of ether oxygens (including phenoxy) is 2. The highest BCUT2D eigenvalue weighted by Crippen LogP contribution is 2.36. The Morgan fingerprint density at radius 3 is 2.62 bits per heavy atom. The smallest absolute Gasteiger partial charge is 0.335 e. The Bertz CT molecular complexity index is 624. The fourth-order valence-corrected chi connectivity index (χ4v) is 2.71. The van der Waals surface area contributed by atoms with Crippen molar-refractivity contribution in [3.05, 3.63) is 46.1 Å². The summed E-state index contributed by atoms with van der Waals surface area (Å²) >= 11 is 3.39. The van der Waals surface area contributed by atoms with Gasteiger partial charge in [-0.25, -0.2) is 4.79 Å². The summed E-state index contributed by atoms with van der Waals surface area (Å²) in [4.78, 5) is 27.9. The number of carbonyl (C=O) groups is 2. The summed E-state index contributed by atoms with van der Waals surface area (Å²) in [7, 11) is 2.61. The van der Waals surface area contributed by atoms with Crippen LogP contribution in [0, 0.1) is 5.92 Å². The first-order valence-corrected chi connectivity index (χ1v) is 7.02. The Labute approximate surface area is 130 Å². The molecule has 5 nitrogen and oxygen atoms in total. The highest BCUT2D eigenvalue weighted by Gasteiger charge is 2.37. The minimum Gasteiger partial charge on any atom is -0.468 e. The lowest BCUT2D eigenvalue weighted by Gasteiger charge is -2.26. The van der Waals surface area contributed by atoms with E-state index in [0.717, 1.165) is 10.0 Å². The first kappa shape index (κ1) is 15.4. The van der Waals surface area contributed by atoms with E-state index in [2.05, 4.69) is 20.9 Å². The molecule has 0 aromatic heterocycles. The molecular weight excluding hydrogens is 338 g/mol. The third-order valence-corrected chi connectivity index (χ3v) is 3.75. The zero-order chi connectivity index (χ0) is 15.4. The molecule has 0 radical (unpaired) electrons. The molecule has 0 bridgehead atoms. The van der Waals surface area contributed by atoms with Crippen molar-refractivity contribution in [2.24, 2.45) is 10.9 Å². The highest BCUT2D eigenvalue weighted by molar-refractivity contribution is 9.10.